The van der Waals surface area contributed by atoms with Crippen molar-refractivity contribution in [3.63, 3.8) is 0 Å². The van der Waals surface area contributed by atoms with E-state index >= 15 is 0 Å². The summed E-state index contributed by atoms with van der Waals surface area (Å²) in [7, 11) is 0. The number of nitriles is 1. The molecule has 5 nitrogen and oxygen atoms in total. The van der Waals surface area contributed by atoms with E-state index in [1.54, 1.807) is 18.3 Å². The molecule has 0 radical (unpaired) electrons. The van der Waals surface area contributed by atoms with Crippen LogP contribution in [0.5, 0.6) is 5.75 Å². The van der Waals surface area contributed by atoms with Gasteiger partial charge in [0.25, 0.3) is 0 Å². The van der Waals surface area contributed by atoms with Crippen molar-refractivity contribution < 1.29 is 9.84 Å². The van der Waals surface area contributed by atoms with Gasteiger partial charge in [0.2, 0.25) is 0 Å². The lowest BCUT2D eigenvalue weighted by Crippen LogP contribution is -2.45. The van der Waals surface area contributed by atoms with Gasteiger partial charge in [-0.05, 0) is 99.5 Å². The van der Waals surface area contributed by atoms with E-state index in [-0.39, 0.29) is 5.92 Å². The van der Waals surface area contributed by atoms with Crippen LogP contribution in [0.4, 0.5) is 0 Å². The molecule has 1 N–H and O–H groups in total. The number of piperidine rings is 1. The minimum atomic E-state index is -0.928. The van der Waals surface area contributed by atoms with Gasteiger partial charge in [0.05, 0.1) is 23.9 Å². The van der Waals surface area contributed by atoms with E-state index in [1.165, 1.54) is 5.57 Å². The molecule has 162 valence electrons. The second-order valence-electron chi connectivity index (χ2n) is 8.56. The van der Waals surface area contributed by atoms with Crippen molar-refractivity contribution in [2.45, 2.75) is 44.1 Å². The Morgan fingerprint density at radius 2 is 1.97 bits per heavy atom. The van der Waals surface area contributed by atoms with Gasteiger partial charge >= 0.3 is 0 Å². The molecule has 5 heteroatoms. The highest BCUT2D eigenvalue weighted by Gasteiger charge is 2.44. The smallest absolute Gasteiger partial charge is 0.130 e. The van der Waals surface area contributed by atoms with Crippen LogP contribution in [0.25, 0.3) is 0 Å². The van der Waals surface area contributed by atoms with Gasteiger partial charge in [0.1, 0.15) is 11.4 Å². The Bertz CT molecular complexity index is 912. The number of aromatic nitrogens is 1. The van der Waals surface area contributed by atoms with Gasteiger partial charge in [0.15, 0.2) is 0 Å². The molecule has 4 rings (SSSR count). The number of allylic oxidation sites excluding steroid dienone is 1. The molecule has 2 aromatic rings. The summed E-state index contributed by atoms with van der Waals surface area (Å²) in [6.45, 7) is 3.64. The van der Waals surface area contributed by atoms with Crippen LogP contribution >= 0.6 is 0 Å². The number of aliphatic hydroxyl groups is 1. The van der Waals surface area contributed by atoms with Gasteiger partial charge < -0.3 is 14.7 Å². The van der Waals surface area contributed by atoms with E-state index in [4.69, 9.17) is 10.00 Å². The maximum absolute atomic E-state index is 11.9. The number of benzene rings is 1. The maximum atomic E-state index is 11.9. The molecule has 1 aliphatic carbocycles. The first-order chi connectivity index (χ1) is 15.2. The molecule has 1 aliphatic heterocycles. The van der Waals surface area contributed by atoms with Gasteiger partial charge in [0, 0.05) is 12.7 Å². The molecule has 0 amide bonds. The second kappa shape index (κ2) is 10.1. The molecule has 0 saturated carbocycles. The summed E-state index contributed by atoms with van der Waals surface area (Å²) >= 11 is 0. The van der Waals surface area contributed by atoms with Crippen LogP contribution in [0, 0.1) is 17.2 Å². The Kier molecular flexibility index (Phi) is 7.01. The largest absolute Gasteiger partial charge is 0.494 e. The normalized spacial score (nSPS) is 19.4. The zero-order chi connectivity index (χ0) is 21.5. The van der Waals surface area contributed by atoms with E-state index in [1.807, 2.05) is 30.3 Å². The number of pyridine rings is 1. The first-order valence-electron chi connectivity index (χ1n) is 11.4. The monoisotopic (exact) mass is 417 g/mol. The van der Waals surface area contributed by atoms with Crippen molar-refractivity contribution in [2.24, 2.45) is 5.92 Å². The number of rotatable bonds is 8. The Morgan fingerprint density at radius 1 is 1.16 bits per heavy atom. The van der Waals surface area contributed by atoms with E-state index in [0.29, 0.717) is 12.2 Å². The Hall–Kier alpha value is -2.68. The topological polar surface area (TPSA) is 69.4 Å². The lowest BCUT2D eigenvalue weighted by molar-refractivity contribution is -0.0229. The maximum Gasteiger partial charge on any atom is 0.130 e. The van der Waals surface area contributed by atoms with Crippen LogP contribution < -0.4 is 4.74 Å². The molecule has 31 heavy (non-hydrogen) atoms. The summed E-state index contributed by atoms with van der Waals surface area (Å²) in [6.07, 6.45) is 10.1. The number of ether oxygens (including phenoxy) is 1. The minimum Gasteiger partial charge on any atom is -0.494 e. The lowest BCUT2D eigenvalue weighted by atomic mass is 9.73. The third-order valence-corrected chi connectivity index (χ3v) is 6.64. The molecule has 1 saturated heterocycles. The summed E-state index contributed by atoms with van der Waals surface area (Å²) in [4.78, 5) is 7.02. The summed E-state index contributed by atoms with van der Waals surface area (Å²) in [5.74, 6) is 1.01. The first kappa shape index (κ1) is 21.5. The third-order valence-electron chi connectivity index (χ3n) is 6.64. The van der Waals surface area contributed by atoms with Crippen LogP contribution in [0.3, 0.4) is 0 Å². The van der Waals surface area contributed by atoms with E-state index in [2.05, 4.69) is 22.0 Å². The predicted molar refractivity (Wildman–Crippen MR) is 121 cm³/mol. The summed E-state index contributed by atoms with van der Waals surface area (Å²) in [6, 6.07) is 15.2. The molecule has 2 aliphatic rings. The fourth-order valence-electron chi connectivity index (χ4n) is 4.92. The van der Waals surface area contributed by atoms with E-state index in [9.17, 15) is 5.11 Å². The van der Waals surface area contributed by atoms with Crippen molar-refractivity contribution in [3.05, 3.63) is 71.6 Å². The Balaban J connectivity index is 1.28. The fraction of sp³-hybridized carbons (Fsp3) is 0.462. The van der Waals surface area contributed by atoms with E-state index < -0.39 is 5.60 Å². The average Bonchev–Trinajstić information content (AvgIpc) is 3.38. The predicted octanol–water partition coefficient (Wildman–Crippen LogP) is 4.43. The molecule has 1 aromatic heterocycles. The van der Waals surface area contributed by atoms with Crippen LogP contribution in [-0.2, 0) is 5.60 Å². The van der Waals surface area contributed by atoms with Crippen molar-refractivity contribution in [1.82, 2.24) is 9.88 Å². The van der Waals surface area contributed by atoms with Gasteiger partial charge in [-0.1, -0.05) is 12.1 Å². The van der Waals surface area contributed by atoms with Crippen LogP contribution in [0.15, 0.2) is 60.3 Å². The zero-order valence-corrected chi connectivity index (χ0v) is 18.0. The van der Waals surface area contributed by atoms with Gasteiger partial charge in [-0.25, -0.2) is 0 Å². The van der Waals surface area contributed by atoms with Crippen molar-refractivity contribution >= 4 is 0 Å². The van der Waals surface area contributed by atoms with Crippen LogP contribution in [-0.4, -0.2) is 41.2 Å². The highest BCUT2D eigenvalue weighted by Crippen LogP contribution is 2.45. The quantitative estimate of drug-likeness (QED) is 0.508. The molecule has 1 fully saturated rings. The van der Waals surface area contributed by atoms with Crippen LogP contribution in [0.1, 0.15) is 49.8 Å². The molecule has 0 bridgehead atoms. The lowest BCUT2D eigenvalue weighted by Gasteiger charge is -2.42. The standard InChI is InChI=1S/C26H31N3O2/c27-20-21-9-11-24(12-10-21)31-19-5-16-29-17-13-23(14-18-29)26(30,22-6-1-2-7-22)25-8-3-4-15-28-25/h3-4,6,8-12,15,23,30H,1-2,5,7,13-14,16-19H2. The number of hydrogen-bond donors (Lipinski definition) is 1. The zero-order valence-electron chi connectivity index (χ0n) is 18.0. The summed E-state index contributed by atoms with van der Waals surface area (Å²) in [5, 5.41) is 20.7. The summed E-state index contributed by atoms with van der Waals surface area (Å²) < 4.78 is 5.81. The first-order valence-corrected chi connectivity index (χ1v) is 11.4. The SMILES string of the molecule is N#Cc1ccc(OCCCN2CCC(C(O)(C3=CCCC3)c3ccccn3)CC2)cc1. The van der Waals surface area contributed by atoms with E-state index in [0.717, 1.165) is 69.6 Å². The molecule has 1 aromatic carbocycles. The molecule has 1 atom stereocenters. The highest BCUT2D eigenvalue weighted by atomic mass is 16.5. The molecule has 0 spiro atoms. The highest BCUT2D eigenvalue weighted by molar-refractivity contribution is 5.34. The fourth-order valence-corrected chi connectivity index (χ4v) is 4.92. The number of hydrogen-bond acceptors (Lipinski definition) is 5. The van der Waals surface area contributed by atoms with Crippen molar-refractivity contribution in [3.8, 4) is 11.8 Å². The molecule has 2 heterocycles. The van der Waals surface area contributed by atoms with Crippen molar-refractivity contribution in [1.29, 1.82) is 5.26 Å². The van der Waals surface area contributed by atoms with Gasteiger partial charge in [-0.15, -0.1) is 0 Å². The Morgan fingerprint density at radius 3 is 2.61 bits per heavy atom. The molecular weight excluding hydrogens is 386 g/mol. The second-order valence-corrected chi connectivity index (χ2v) is 8.56. The summed E-state index contributed by atoms with van der Waals surface area (Å²) in [5.41, 5.74) is 1.69. The number of likely N-dealkylation sites (tertiary alicyclic amines) is 1. The molecule has 1 unspecified atom stereocenters. The number of nitrogens with zero attached hydrogens (tertiary/aromatic N) is 3. The minimum absolute atomic E-state index is 0.206. The van der Waals surface area contributed by atoms with Crippen LogP contribution in [0.2, 0.25) is 0 Å². The average molecular weight is 418 g/mol. The molecular formula is C26H31N3O2. The van der Waals surface area contributed by atoms with Crippen molar-refractivity contribution in [2.75, 3.05) is 26.2 Å². The Labute approximate surface area is 185 Å². The third kappa shape index (κ3) is 4.98. The van der Waals surface area contributed by atoms with Gasteiger partial charge in [-0.2, -0.15) is 5.26 Å². The van der Waals surface area contributed by atoms with Gasteiger partial charge in [-0.3, -0.25) is 4.98 Å².